The van der Waals surface area contributed by atoms with E-state index >= 15 is 0 Å². The minimum atomic E-state index is -0.230. The van der Waals surface area contributed by atoms with Crippen molar-refractivity contribution < 1.29 is 9.53 Å². The zero-order chi connectivity index (χ0) is 22.0. The van der Waals surface area contributed by atoms with Crippen LogP contribution >= 0.6 is 34.7 Å². The molecule has 0 saturated carbocycles. The molecule has 0 fully saturated rings. The van der Waals surface area contributed by atoms with Crippen LogP contribution < -0.4 is 15.6 Å². The number of nitrogens with one attached hydrogen (secondary N) is 1. The Bertz CT molecular complexity index is 1330. The van der Waals surface area contributed by atoms with Crippen molar-refractivity contribution in [2.45, 2.75) is 12.1 Å². The van der Waals surface area contributed by atoms with Crippen LogP contribution in [0.5, 0.6) is 5.75 Å². The molecule has 0 saturated heterocycles. The maximum atomic E-state index is 13.1. The van der Waals surface area contributed by atoms with Crippen molar-refractivity contribution in [2.24, 2.45) is 0 Å². The molecule has 0 aliphatic rings. The Morgan fingerprint density at radius 3 is 2.87 bits per heavy atom. The molecule has 1 amide bonds. The molecule has 2 aromatic heterocycles. The molecule has 9 heteroatoms. The van der Waals surface area contributed by atoms with E-state index in [-0.39, 0.29) is 17.2 Å². The van der Waals surface area contributed by atoms with Crippen LogP contribution in [0.15, 0.2) is 63.9 Å². The topological polar surface area (TPSA) is 73.2 Å². The lowest BCUT2D eigenvalue weighted by atomic mass is 10.2. The summed E-state index contributed by atoms with van der Waals surface area (Å²) in [6.07, 6.45) is 0. The van der Waals surface area contributed by atoms with Gasteiger partial charge in [-0.15, -0.1) is 11.3 Å². The molecule has 1 N–H and O–H groups in total. The molecule has 4 aromatic rings. The standard InChI is InChI=1S/C22H18ClN3O3S2/c1-13-6-7-18(29-2)17(10-13)24-19(27)12-31-22-25-16-8-9-30-20(16)21(28)26(22)15-5-3-4-14(23)11-15/h3-11H,12H2,1-2H3,(H,24,27). The van der Waals surface area contributed by atoms with Crippen molar-refractivity contribution in [2.75, 3.05) is 18.2 Å². The summed E-state index contributed by atoms with van der Waals surface area (Å²) >= 11 is 8.66. The first-order valence-electron chi connectivity index (χ1n) is 9.30. The number of anilines is 1. The van der Waals surface area contributed by atoms with Crippen LogP contribution in [-0.4, -0.2) is 28.3 Å². The number of benzene rings is 2. The Labute approximate surface area is 191 Å². The largest absolute Gasteiger partial charge is 0.495 e. The predicted octanol–water partition coefficient (Wildman–Crippen LogP) is 5.15. The highest BCUT2D eigenvalue weighted by molar-refractivity contribution is 7.99. The van der Waals surface area contributed by atoms with Crippen molar-refractivity contribution in [3.05, 3.63) is 74.9 Å². The quantitative estimate of drug-likeness (QED) is 0.311. The van der Waals surface area contributed by atoms with Gasteiger partial charge in [0.05, 0.1) is 29.8 Å². The number of halogens is 1. The van der Waals surface area contributed by atoms with E-state index < -0.39 is 0 Å². The van der Waals surface area contributed by atoms with E-state index in [0.29, 0.717) is 37.5 Å². The van der Waals surface area contributed by atoms with E-state index in [9.17, 15) is 9.59 Å². The number of amides is 1. The van der Waals surface area contributed by atoms with Gasteiger partial charge in [0, 0.05) is 5.02 Å². The predicted molar refractivity (Wildman–Crippen MR) is 127 cm³/mol. The van der Waals surface area contributed by atoms with Crippen molar-refractivity contribution in [3.63, 3.8) is 0 Å². The lowest BCUT2D eigenvalue weighted by Crippen LogP contribution is -2.22. The van der Waals surface area contributed by atoms with Crippen LogP contribution in [0, 0.1) is 6.92 Å². The van der Waals surface area contributed by atoms with E-state index in [1.165, 1.54) is 27.7 Å². The average molecular weight is 472 g/mol. The second-order valence-corrected chi connectivity index (χ2v) is 8.99. The van der Waals surface area contributed by atoms with Crippen LogP contribution in [0.1, 0.15) is 5.56 Å². The molecule has 2 heterocycles. The Kier molecular flexibility index (Phi) is 6.31. The molecule has 158 valence electrons. The van der Waals surface area contributed by atoms with Gasteiger partial charge in [-0.25, -0.2) is 4.98 Å². The summed E-state index contributed by atoms with van der Waals surface area (Å²) in [4.78, 5) is 30.4. The van der Waals surface area contributed by atoms with Crippen molar-refractivity contribution >= 4 is 56.5 Å². The number of thiophene rings is 1. The fourth-order valence-corrected chi connectivity index (χ4v) is 4.82. The molecule has 0 aliphatic heterocycles. The van der Waals surface area contributed by atoms with Crippen LogP contribution in [0.3, 0.4) is 0 Å². The number of thioether (sulfide) groups is 1. The molecule has 0 atom stereocenters. The average Bonchev–Trinajstić information content (AvgIpc) is 3.21. The third-order valence-corrected chi connectivity index (χ3v) is 6.54. The monoisotopic (exact) mass is 471 g/mol. The maximum absolute atomic E-state index is 13.1. The van der Waals surface area contributed by atoms with Crippen LogP contribution in [0.2, 0.25) is 5.02 Å². The number of hydrogen-bond donors (Lipinski definition) is 1. The normalized spacial score (nSPS) is 10.9. The molecule has 0 aliphatic carbocycles. The molecule has 0 spiro atoms. The molecular formula is C22H18ClN3O3S2. The highest BCUT2D eigenvalue weighted by Crippen LogP contribution is 2.27. The van der Waals surface area contributed by atoms with Gasteiger partial charge in [-0.1, -0.05) is 35.5 Å². The summed E-state index contributed by atoms with van der Waals surface area (Å²) in [5, 5.41) is 5.63. The van der Waals surface area contributed by atoms with E-state index in [1.54, 1.807) is 43.5 Å². The van der Waals surface area contributed by atoms with Gasteiger partial charge in [0.2, 0.25) is 5.91 Å². The van der Waals surface area contributed by atoms with E-state index in [2.05, 4.69) is 10.3 Å². The van der Waals surface area contributed by atoms with E-state index in [4.69, 9.17) is 16.3 Å². The van der Waals surface area contributed by atoms with Gasteiger partial charge in [-0.2, -0.15) is 0 Å². The van der Waals surface area contributed by atoms with Crippen molar-refractivity contribution in [3.8, 4) is 11.4 Å². The first kappa shape index (κ1) is 21.4. The smallest absolute Gasteiger partial charge is 0.276 e. The summed E-state index contributed by atoms with van der Waals surface area (Å²) < 4.78 is 7.37. The summed E-state index contributed by atoms with van der Waals surface area (Å²) in [5.41, 5.74) is 2.62. The maximum Gasteiger partial charge on any atom is 0.276 e. The Balaban J connectivity index is 1.64. The first-order chi connectivity index (χ1) is 15.0. The van der Waals surface area contributed by atoms with Gasteiger partial charge >= 0.3 is 0 Å². The molecule has 0 radical (unpaired) electrons. The Hall–Kier alpha value is -2.81. The van der Waals surface area contributed by atoms with Gasteiger partial charge in [-0.05, 0) is 54.3 Å². The molecule has 4 rings (SSSR count). The van der Waals surface area contributed by atoms with Gasteiger partial charge in [0.15, 0.2) is 5.16 Å². The number of aromatic nitrogens is 2. The molecule has 0 bridgehead atoms. The second kappa shape index (κ2) is 9.13. The number of carbonyl (C=O) groups excluding carboxylic acids is 1. The zero-order valence-corrected chi connectivity index (χ0v) is 19.1. The summed E-state index contributed by atoms with van der Waals surface area (Å²) in [6, 6.07) is 14.4. The third kappa shape index (κ3) is 4.61. The van der Waals surface area contributed by atoms with E-state index in [0.717, 1.165) is 5.56 Å². The highest BCUT2D eigenvalue weighted by atomic mass is 35.5. The van der Waals surface area contributed by atoms with E-state index in [1.807, 2.05) is 24.4 Å². The lowest BCUT2D eigenvalue weighted by Gasteiger charge is -2.13. The zero-order valence-electron chi connectivity index (χ0n) is 16.7. The summed E-state index contributed by atoms with van der Waals surface area (Å²) in [7, 11) is 1.55. The summed E-state index contributed by atoms with van der Waals surface area (Å²) in [5.74, 6) is 0.420. The summed E-state index contributed by atoms with van der Waals surface area (Å²) in [6.45, 7) is 1.94. The molecule has 2 aromatic carbocycles. The van der Waals surface area contributed by atoms with Crippen LogP contribution in [-0.2, 0) is 4.79 Å². The third-order valence-electron chi connectivity index (χ3n) is 4.48. The van der Waals surface area contributed by atoms with Gasteiger partial charge in [0.25, 0.3) is 5.56 Å². The Morgan fingerprint density at radius 1 is 1.26 bits per heavy atom. The Morgan fingerprint density at radius 2 is 2.10 bits per heavy atom. The molecular weight excluding hydrogens is 454 g/mol. The number of hydrogen-bond acceptors (Lipinski definition) is 6. The fraction of sp³-hybridized carbons (Fsp3) is 0.136. The number of rotatable bonds is 6. The number of methoxy groups -OCH3 is 1. The number of carbonyl (C=O) groups is 1. The number of nitrogens with zero attached hydrogens (tertiary/aromatic N) is 2. The van der Waals surface area contributed by atoms with Crippen molar-refractivity contribution in [1.82, 2.24) is 9.55 Å². The van der Waals surface area contributed by atoms with Gasteiger partial charge < -0.3 is 10.1 Å². The van der Waals surface area contributed by atoms with Crippen LogP contribution in [0.4, 0.5) is 5.69 Å². The molecule has 6 nitrogen and oxygen atoms in total. The van der Waals surface area contributed by atoms with Crippen molar-refractivity contribution in [1.29, 1.82) is 0 Å². The number of fused-ring (bicyclic) bond motifs is 1. The first-order valence-corrected chi connectivity index (χ1v) is 11.5. The SMILES string of the molecule is COc1ccc(C)cc1NC(=O)CSc1nc2ccsc2c(=O)n1-c1cccc(Cl)c1. The van der Waals surface area contributed by atoms with Gasteiger partial charge in [0.1, 0.15) is 10.4 Å². The number of aryl methyl sites for hydroxylation is 1. The van der Waals surface area contributed by atoms with Crippen LogP contribution in [0.25, 0.3) is 15.9 Å². The number of ether oxygens (including phenoxy) is 1. The highest BCUT2D eigenvalue weighted by Gasteiger charge is 2.16. The van der Waals surface area contributed by atoms with Gasteiger partial charge in [-0.3, -0.25) is 14.2 Å². The second-order valence-electron chi connectivity index (χ2n) is 6.69. The fourth-order valence-electron chi connectivity index (χ4n) is 3.07. The molecule has 0 unspecified atom stereocenters. The molecule has 31 heavy (non-hydrogen) atoms. The minimum Gasteiger partial charge on any atom is -0.495 e. The minimum absolute atomic E-state index is 0.0692. The lowest BCUT2D eigenvalue weighted by molar-refractivity contribution is -0.113.